The molecule has 2 heterocycles. The Morgan fingerprint density at radius 2 is 1.96 bits per heavy atom. The predicted octanol–water partition coefficient (Wildman–Crippen LogP) is 3.34. The zero-order valence-corrected chi connectivity index (χ0v) is 15.0. The second-order valence-corrected chi connectivity index (χ2v) is 7.03. The normalized spacial score (nSPS) is 17.1. The predicted molar refractivity (Wildman–Crippen MR) is 98.8 cm³/mol. The molecule has 0 spiro atoms. The Kier molecular flexibility index (Phi) is 4.66. The number of halogens is 1. The fraction of sp³-hybridized carbons (Fsp3) is 0.300. The third-order valence-electron chi connectivity index (χ3n) is 4.90. The van der Waals surface area contributed by atoms with Gasteiger partial charge in [-0.15, -0.1) is 5.10 Å². The van der Waals surface area contributed by atoms with Crippen molar-refractivity contribution in [3.05, 3.63) is 60.2 Å². The number of rotatable bonds is 3. The highest BCUT2D eigenvalue weighted by Gasteiger charge is 2.23. The summed E-state index contributed by atoms with van der Waals surface area (Å²) in [6, 6.07) is 11.8. The van der Waals surface area contributed by atoms with E-state index in [-0.39, 0.29) is 11.7 Å². The molecule has 1 atom stereocenters. The number of carbonyl (C=O) groups excluding carboxylic acids is 1. The van der Waals surface area contributed by atoms with Gasteiger partial charge in [-0.2, -0.15) is 0 Å². The quantitative estimate of drug-likeness (QED) is 0.714. The molecule has 1 aliphatic rings. The van der Waals surface area contributed by atoms with E-state index in [4.69, 9.17) is 0 Å². The number of amides is 1. The van der Waals surface area contributed by atoms with Crippen molar-refractivity contribution in [3.63, 3.8) is 0 Å². The minimum atomic E-state index is -0.297. The summed E-state index contributed by atoms with van der Waals surface area (Å²) in [7, 11) is 0. The lowest BCUT2D eigenvalue weighted by molar-refractivity contribution is 0.0683. The summed E-state index contributed by atoms with van der Waals surface area (Å²) in [5, 5.41) is 11.3. The van der Waals surface area contributed by atoms with E-state index in [0.29, 0.717) is 17.2 Å². The molecule has 4 rings (SSSR count). The van der Waals surface area contributed by atoms with E-state index in [2.05, 4.69) is 22.4 Å². The highest BCUT2D eigenvalue weighted by atomic mass is 19.1. The number of tetrazole rings is 1. The number of likely N-dealkylation sites (tertiary alicyclic amines) is 1. The first-order valence-corrected chi connectivity index (χ1v) is 9.04. The summed E-state index contributed by atoms with van der Waals surface area (Å²) in [5.41, 5.74) is 2.91. The second-order valence-electron chi connectivity index (χ2n) is 7.03. The molecular formula is C20H20FN5O. The Balaban J connectivity index is 1.76. The van der Waals surface area contributed by atoms with Gasteiger partial charge in [-0.1, -0.05) is 19.1 Å². The van der Waals surface area contributed by atoms with Crippen LogP contribution in [0.2, 0.25) is 0 Å². The Morgan fingerprint density at radius 1 is 1.15 bits per heavy atom. The zero-order valence-electron chi connectivity index (χ0n) is 15.0. The van der Waals surface area contributed by atoms with Gasteiger partial charge in [0.15, 0.2) is 0 Å². The number of hydrogen-bond acceptors (Lipinski definition) is 4. The maximum absolute atomic E-state index is 13.3. The molecule has 1 aromatic heterocycles. The maximum Gasteiger partial charge on any atom is 0.253 e. The molecule has 1 aliphatic heterocycles. The van der Waals surface area contributed by atoms with Crippen LogP contribution in [-0.2, 0) is 0 Å². The highest BCUT2D eigenvalue weighted by molar-refractivity contribution is 5.96. The molecule has 1 amide bonds. The standard InChI is InChI=1S/C20H20FN5O/c1-14-3-2-8-25(12-14)20(27)17-9-16(15-4-6-18(21)7-5-15)10-19(11-17)26-13-22-23-24-26/h4-7,9-11,13-14H,2-3,8,12H2,1H3. The van der Waals surface area contributed by atoms with Crippen molar-refractivity contribution < 1.29 is 9.18 Å². The van der Waals surface area contributed by atoms with Crippen LogP contribution in [0.15, 0.2) is 48.8 Å². The smallest absolute Gasteiger partial charge is 0.253 e. The Hall–Kier alpha value is -3.09. The molecule has 1 unspecified atom stereocenters. The lowest BCUT2D eigenvalue weighted by Crippen LogP contribution is -2.39. The van der Waals surface area contributed by atoms with Gasteiger partial charge in [0, 0.05) is 18.7 Å². The van der Waals surface area contributed by atoms with Crippen LogP contribution in [0.5, 0.6) is 0 Å². The van der Waals surface area contributed by atoms with Gasteiger partial charge in [-0.25, -0.2) is 9.07 Å². The largest absolute Gasteiger partial charge is 0.338 e. The third kappa shape index (κ3) is 3.72. The van der Waals surface area contributed by atoms with Crippen LogP contribution in [0.3, 0.4) is 0 Å². The Labute approximate surface area is 156 Å². The number of benzene rings is 2. The summed E-state index contributed by atoms with van der Waals surface area (Å²) >= 11 is 0. The van der Waals surface area contributed by atoms with Crippen molar-refractivity contribution in [3.8, 4) is 16.8 Å². The van der Waals surface area contributed by atoms with Gasteiger partial charge in [-0.05, 0) is 70.6 Å². The molecule has 2 aromatic carbocycles. The van der Waals surface area contributed by atoms with Crippen LogP contribution >= 0.6 is 0 Å². The molecule has 138 valence electrons. The van der Waals surface area contributed by atoms with Gasteiger partial charge in [0.25, 0.3) is 5.91 Å². The van der Waals surface area contributed by atoms with E-state index in [1.165, 1.54) is 23.1 Å². The first kappa shape index (κ1) is 17.3. The van der Waals surface area contributed by atoms with Crippen LogP contribution in [0.25, 0.3) is 16.8 Å². The molecule has 0 aliphatic carbocycles. The van der Waals surface area contributed by atoms with Crippen LogP contribution in [0, 0.1) is 11.7 Å². The van der Waals surface area contributed by atoms with Crippen LogP contribution in [-0.4, -0.2) is 44.1 Å². The van der Waals surface area contributed by atoms with Crippen LogP contribution in [0.1, 0.15) is 30.1 Å². The number of hydrogen-bond donors (Lipinski definition) is 0. The second kappa shape index (κ2) is 7.26. The molecular weight excluding hydrogens is 345 g/mol. The summed E-state index contributed by atoms with van der Waals surface area (Å²) in [6.45, 7) is 3.70. The van der Waals surface area contributed by atoms with Gasteiger partial charge in [-0.3, -0.25) is 4.79 Å². The third-order valence-corrected chi connectivity index (χ3v) is 4.90. The zero-order chi connectivity index (χ0) is 18.8. The van der Waals surface area contributed by atoms with E-state index in [1.807, 2.05) is 17.0 Å². The van der Waals surface area contributed by atoms with Crippen molar-refractivity contribution in [2.45, 2.75) is 19.8 Å². The fourth-order valence-electron chi connectivity index (χ4n) is 3.51. The van der Waals surface area contributed by atoms with Gasteiger partial charge in [0.2, 0.25) is 0 Å². The summed E-state index contributed by atoms with van der Waals surface area (Å²) in [5.74, 6) is 0.204. The number of carbonyl (C=O) groups is 1. The van der Waals surface area contributed by atoms with E-state index >= 15 is 0 Å². The van der Waals surface area contributed by atoms with Crippen LogP contribution in [0.4, 0.5) is 4.39 Å². The average Bonchev–Trinajstić information content (AvgIpc) is 3.22. The van der Waals surface area contributed by atoms with Gasteiger partial charge >= 0.3 is 0 Å². The van der Waals surface area contributed by atoms with Gasteiger partial charge < -0.3 is 4.90 Å². The molecule has 1 fully saturated rings. The summed E-state index contributed by atoms with van der Waals surface area (Å²) < 4.78 is 14.8. The first-order chi connectivity index (χ1) is 13.1. The maximum atomic E-state index is 13.3. The summed E-state index contributed by atoms with van der Waals surface area (Å²) in [4.78, 5) is 15.0. The Morgan fingerprint density at radius 3 is 2.67 bits per heavy atom. The lowest BCUT2D eigenvalue weighted by Gasteiger charge is -2.31. The number of aromatic nitrogens is 4. The topological polar surface area (TPSA) is 63.9 Å². The SMILES string of the molecule is CC1CCCN(C(=O)c2cc(-c3ccc(F)cc3)cc(-n3cnnn3)c2)C1. The fourth-order valence-corrected chi connectivity index (χ4v) is 3.51. The van der Waals surface area contributed by atoms with E-state index in [9.17, 15) is 9.18 Å². The highest BCUT2D eigenvalue weighted by Crippen LogP contribution is 2.26. The minimum absolute atomic E-state index is 0.000152. The summed E-state index contributed by atoms with van der Waals surface area (Å²) in [6.07, 6.45) is 3.65. The molecule has 3 aromatic rings. The minimum Gasteiger partial charge on any atom is -0.338 e. The monoisotopic (exact) mass is 365 g/mol. The molecule has 0 saturated carbocycles. The molecule has 0 bridgehead atoms. The van der Waals surface area contributed by atoms with Crippen molar-refractivity contribution >= 4 is 5.91 Å². The number of piperidine rings is 1. The molecule has 27 heavy (non-hydrogen) atoms. The average molecular weight is 365 g/mol. The molecule has 1 saturated heterocycles. The van der Waals surface area contributed by atoms with Crippen molar-refractivity contribution in [2.75, 3.05) is 13.1 Å². The molecule has 7 heteroatoms. The van der Waals surface area contributed by atoms with Crippen molar-refractivity contribution in [1.82, 2.24) is 25.1 Å². The molecule has 0 N–H and O–H groups in total. The van der Waals surface area contributed by atoms with E-state index < -0.39 is 0 Å². The van der Waals surface area contributed by atoms with E-state index in [0.717, 1.165) is 37.1 Å². The van der Waals surface area contributed by atoms with Crippen LogP contribution < -0.4 is 0 Å². The number of nitrogens with zero attached hydrogens (tertiary/aromatic N) is 5. The Bertz CT molecular complexity index is 940. The van der Waals surface area contributed by atoms with Gasteiger partial charge in [0.1, 0.15) is 12.1 Å². The van der Waals surface area contributed by atoms with Crippen molar-refractivity contribution in [2.24, 2.45) is 5.92 Å². The molecule has 6 nitrogen and oxygen atoms in total. The van der Waals surface area contributed by atoms with E-state index in [1.54, 1.807) is 18.2 Å². The lowest BCUT2D eigenvalue weighted by atomic mass is 9.98. The first-order valence-electron chi connectivity index (χ1n) is 9.04. The van der Waals surface area contributed by atoms with Crippen molar-refractivity contribution in [1.29, 1.82) is 0 Å². The van der Waals surface area contributed by atoms with Gasteiger partial charge in [0.05, 0.1) is 5.69 Å². The molecule has 0 radical (unpaired) electrons.